The first-order chi connectivity index (χ1) is 16.5. The van der Waals surface area contributed by atoms with E-state index in [1.807, 2.05) is 57.2 Å². The number of nitrogens with one attached hydrogen (secondary N) is 1. The molecule has 0 bridgehead atoms. The summed E-state index contributed by atoms with van der Waals surface area (Å²) in [6, 6.07) is 10.4. The normalized spacial score (nSPS) is 20.8. The summed E-state index contributed by atoms with van der Waals surface area (Å²) in [5, 5.41) is 3.29. The molecule has 1 aromatic carbocycles. The zero-order valence-electron chi connectivity index (χ0n) is 19.5. The maximum Gasteiger partial charge on any atom is 0.337 e. The van der Waals surface area contributed by atoms with Gasteiger partial charge in [0.25, 0.3) is 5.91 Å². The van der Waals surface area contributed by atoms with Crippen molar-refractivity contribution >= 4 is 29.7 Å². The molecule has 1 amide bonds. The number of esters is 1. The molecule has 1 N–H and O–H groups in total. The van der Waals surface area contributed by atoms with Gasteiger partial charge in [-0.3, -0.25) is 14.7 Å². The number of amides is 1. The number of benzene rings is 1. The molecule has 2 aliphatic heterocycles. The average Bonchev–Trinajstić information content (AvgIpc) is 3.14. The smallest absolute Gasteiger partial charge is 0.337 e. The Morgan fingerprint density at radius 3 is 2.62 bits per heavy atom. The van der Waals surface area contributed by atoms with Crippen LogP contribution in [0.2, 0.25) is 0 Å². The summed E-state index contributed by atoms with van der Waals surface area (Å²) in [4.78, 5) is 33.0. The fraction of sp³-hybridized carbons (Fsp3) is 0.320. The molecule has 3 heterocycles. The number of carbonyl (C=O) groups is 2. The minimum atomic E-state index is -0.664. The van der Waals surface area contributed by atoms with E-state index in [2.05, 4.69) is 10.3 Å². The summed E-state index contributed by atoms with van der Waals surface area (Å²) in [6.45, 7) is 6.55. The second-order valence-electron chi connectivity index (χ2n) is 7.60. The third kappa shape index (κ3) is 4.48. The molecular weight excluding hydrogens is 454 g/mol. The van der Waals surface area contributed by atoms with Crippen molar-refractivity contribution in [3.63, 3.8) is 0 Å². The van der Waals surface area contributed by atoms with E-state index in [1.165, 1.54) is 18.9 Å². The lowest BCUT2D eigenvalue weighted by Crippen LogP contribution is -2.49. The fourth-order valence-electron chi connectivity index (χ4n) is 4.05. The third-order valence-electron chi connectivity index (χ3n) is 5.49. The second kappa shape index (κ2) is 10.2. The van der Waals surface area contributed by atoms with Gasteiger partial charge in [0.05, 0.1) is 42.5 Å². The van der Waals surface area contributed by atoms with Gasteiger partial charge >= 0.3 is 5.97 Å². The molecule has 0 spiro atoms. The number of ether oxygens (including phenoxy) is 3. The molecule has 0 unspecified atom stereocenters. The highest BCUT2D eigenvalue weighted by Crippen LogP contribution is 2.47. The topological polar surface area (TPSA) is 90.0 Å². The minimum absolute atomic E-state index is 0.195. The summed E-state index contributed by atoms with van der Waals surface area (Å²) in [5.41, 5.74) is 2.06. The summed E-state index contributed by atoms with van der Waals surface area (Å²) in [7, 11) is 1.34. The van der Waals surface area contributed by atoms with Crippen LogP contribution in [0.1, 0.15) is 38.1 Å². The molecule has 34 heavy (non-hydrogen) atoms. The third-order valence-corrected chi connectivity index (χ3v) is 6.60. The van der Waals surface area contributed by atoms with Crippen LogP contribution in [0.4, 0.5) is 0 Å². The molecule has 0 saturated carbocycles. The molecular formula is C25H27N3O5S. The minimum Gasteiger partial charge on any atom is -0.490 e. The van der Waals surface area contributed by atoms with Crippen LogP contribution in [0.3, 0.4) is 0 Å². The molecule has 2 aromatic rings. The van der Waals surface area contributed by atoms with E-state index in [4.69, 9.17) is 14.2 Å². The van der Waals surface area contributed by atoms with E-state index in [-0.39, 0.29) is 11.4 Å². The van der Waals surface area contributed by atoms with Crippen LogP contribution in [0.25, 0.3) is 6.08 Å². The molecule has 178 valence electrons. The predicted octanol–water partition coefficient (Wildman–Crippen LogP) is 3.87. The molecule has 0 aliphatic carbocycles. The largest absolute Gasteiger partial charge is 0.490 e. The lowest BCUT2D eigenvalue weighted by molar-refractivity contribution is -0.138. The van der Waals surface area contributed by atoms with Gasteiger partial charge in [0, 0.05) is 11.9 Å². The highest BCUT2D eigenvalue weighted by molar-refractivity contribution is 8.05. The van der Waals surface area contributed by atoms with Crippen molar-refractivity contribution in [2.45, 2.75) is 32.3 Å². The molecule has 0 radical (unpaired) electrons. The summed E-state index contributed by atoms with van der Waals surface area (Å²) in [6.07, 6.45) is 3.45. The van der Waals surface area contributed by atoms with E-state index < -0.39 is 12.0 Å². The Morgan fingerprint density at radius 2 is 1.94 bits per heavy atom. The molecule has 1 saturated heterocycles. The Bertz CT molecular complexity index is 1150. The number of fused-ring (bicyclic) bond motifs is 1. The lowest BCUT2D eigenvalue weighted by Gasteiger charge is -2.39. The molecule has 2 atom stereocenters. The Morgan fingerprint density at radius 1 is 1.18 bits per heavy atom. The van der Waals surface area contributed by atoms with E-state index in [9.17, 15) is 9.59 Å². The van der Waals surface area contributed by atoms with Crippen molar-refractivity contribution in [2.24, 2.45) is 0 Å². The van der Waals surface area contributed by atoms with Gasteiger partial charge in [-0.15, -0.1) is 0 Å². The van der Waals surface area contributed by atoms with E-state index in [1.54, 1.807) is 17.2 Å². The number of pyridine rings is 1. The maximum atomic E-state index is 13.6. The molecule has 8 nitrogen and oxygen atoms in total. The van der Waals surface area contributed by atoms with Crippen LogP contribution < -0.4 is 14.8 Å². The quantitative estimate of drug-likeness (QED) is 0.471. The molecule has 1 aromatic heterocycles. The Labute approximate surface area is 203 Å². The van der Waals surface area contributed by atoms with Gasteiger partial charge in [-0.1, -0.05) is 23.9 Å². The number of hydrogen-bond acceptors (Lipinski definition) is 8. The molecule has 9 heteroatoms. The van der Waals surface area contributed by atoms with Crippen LogP contribution in [0.15, 0.2) is 58.8 Å². The standard InChI is InChI=1S/C25H27N3O5S/c1-5-32-18-11-10-16(13-19(18)33-6-2)22-21(24(30)31-4)15(3)27-25-28(22)23(29)20(34-25)14-17-9-7-8-12-26-17/h7-14,22,25,27H,5-6H2,1-4H3/b20-14-/t22-,25+/m0/s1. The predicted molar refractivity (Wildman–Crippen MR) is 130 cm³/mol. The summed E-state index contributed by atoms with van der Waals surface area (Å²) >= 11 is 1.39. The Kier molecular flexibility index (Phi) is 7.12. The van der Waals surface area contributed by atoms with Gasteiger partial charge < -0.3 is 19.5 Å². The van der Waals surface area contributed by atoms with E-state index >= 15 is 0 Å². The monoisotopic (exact) mass is 481 g/mol. The number of hydrogen-bond donors (Lipinski definition) is 1. The highest BCUT2D eigenvalue weighted by atomic mass is 32.2. The van der Waals surface area contributed by atoms with Crippen LogP contribution in [-0.4, -0.2) is 47.6 Å². The number of carbonyl (C=O) groups excluding carboxylic acids is 2. The fourth-order valence-corrected chi connectivity index (χ4v) is 5.25. The SMILES string of the molecule is CCOc1ccc([C@H]2C(C(=O)OC)=C(C)N[C@H]3S/C(=C\c4ccccn4)C(=O)N23)cc1OCC. The van der Waals surface area contributed by atoms with Gasteiger partial charge in [0.15, 0.2) is 17.0 Å². The number of thioether (sulfide) groups is 1. The maximum absolute atomic E-state index is 13.6. The second-order valence-corrected chi connectivity index (χ2v) is 8.72. The van der Waals surface area contributed by atoms with Crippen molar-refractivity contribution in [2.75, 3.05) is 20.3 Å². The van der Waals surface area contributed by atoms with Gasteiger partial charge in [0.2, 0.25) is 0 Å². The van der Waals surface area contributed by atoms with Crippen molar-refractivity contribution in [3.8, 4) is 11.5 Å². The first-order valence-electron chi connectivity index (χ1n) is 11.1. The molecule has 1 fully saturated rings. The first kappa shape index (κ1) is 23.7. The number of methoxy groups -OCH3 is 1. The number of aromatic nitrogens is 1. The zero-order valence-corrected chi connectivity index (χ0v) is 20.3. The molecule has 4 rings (SSSR count). The molecule has 2 aliphatic rings. The first-order valence-corrected chi connectivity index (χ1v) is 11.9. The van der Waals surface area contributed by atoms with Gasteiger partial charge in [-0.05, 0) is 56.7 Å². The van der Waals surface area contributed by atoms with E-state index in [0.29, 0.717) is 46.6 Å². The summed E-state index contributed by atoms with van der Waals surface area (Å²) < 4.78 is 16.6. The van der Waals surface area contributed by atoms with Gasteiger partial charge in [-0.25, -0.2) is 4.79 Å². The van der Waals surface area contributed by atoms with Gasteiger partial charge in [-0.2, -0.15) is 0 Å². The van der Waals surface area contributed by atoms with Crippen molar-refractivity contribution in [1.82, 2.24) is 15.2 Å². The van der Waals surface area contributed by atoms with Crippen molar-refractivity contribution in [3.05, 3.63) is 70.0 Å². The average molecular weight is 482 g/mol. The van der Waals surface area contributed by atoms with Gasteiger partial charge in [0.1, 0.15) is 0 Å². The zero-order chi connectivity index (χ0) is 24.2. The summed E-state index contributed by atoms with van der Waals surface area (Å²) in [5.74, 6) is 0.471. The van der Waals surface area contributed by atoms with Crippen molar-refractivity contribution in [1.29, 1.82) is 0 Å². The number of nitrogens with zero attached hydrogens (tertiary/aromatic N) is 2. The lowest BCUT2D eigenvalue weighted by atomic mass is 9.93. The van der Waals surface area contributed by atoms with Crippen LogP contribution >= 0.6 is 11.8 Å². The Hall–Kier alpha value is -3.46. The highest BCUT2D eigenvalue weighted by Gasteiger charge is 2.48. The number of allylic oxidation sites excluding steroid dienone is 1. The van der Waals surface area contributed by atoms with Crippen molar-refractivity contribution < 1.29 is 23.8 Å². The van der Waals surface area contributed by atoms with Crippen LogP contribution in [0, 0.1) is 0 Å². The van der Waals surface area contributed by atoms with E-state index in [0.717, 1.165) is 5.56 Å². The Balaban J connectivity index is 1.81. The van der Waals surface area contributed by atoms with Crippen LogP contribution in [0.5, 0.6) is 11.5 Å². The van der Waals surface area contributed by atoms with Crippen LogP contribution in [-0.2, 0) is 14.3 Å². The number of rotatable bonds is 7.